The molecule has 1 N–H and O–H groups in total. The van der Waals surface area contributed by atoms with Gasteiger partial charge in [-0.25, -0.2) is 0 Å². The molecule has 1 aromatic carbocycles. The number of aryl methyl sites for hydroxylation is 2. The van der Waals surface area contributed by atoms with Crippen LogP contribution in [0.15, 0.2) is 18.2 Å². The first-order chi connectivity index (χ1) is 6.25. The first kappa shape index (κ1) is 8.61. The van der Waals surface area contributed by atoms with Crippen molar-refractivity contribution >= 4 is 5.69 Å². The van der Waals surface area contributed by atoms with Gasteiger partial charge in [0.1, 0.15) is 0 Å². The van der Waals surface area contributed by atoms with Gasteiger partial charge in [0.05, 0.1) is 0 Å². The zero-order chi connectivity index (χ0) is 9.26. The fourth-order valence-corrected chi connectivity index (χ4v) is 1.62. The predicted octanol–water partition coefficient (Wildman–Crippen LogP) is 3.27. The van der Waals surface area contributed by atoms with Crippen LogP contribution in [0.5, 0.6) is 0 Å². The van der Waals surface area contributed by atoms with Gasteiger partial charge in [-0.05, 0) is 56.4 Å². The van der Waals surface area contributed by atoms with Crippen LogP contribution in [0.4, 0.5) is 5.69 Å². The van der Waals surface area contributed by atoms with Gasteiger partial charge in [0.2, 0.25) is 0 Å². The number of anilines is 1. The molecule has 0 saturated heterocycles. The van der Waals surface area contributed by atoms with Crippen molar-refractivity contribution in [1.82, 2.24) is 0 Å². The molecule has 1 saturated carbocycles. The summed E-state index contributed by atoms with van der Waals surface area (Å²) in [5.41, 5.74) is 4.04. The highest BCUT2D eigenvalue weighted by Gasteiger charge is 2.16. The standard InChI is InChI=1S/C12H17N/c1-9-6-7-12(8-10(9)2)13-11-4-3-5-11/h6-8,11,13H,3-5H2,1-2H3. The molecule has 0 spiro atoms. The Morgan fingerprint density at radius 2 is 1.92 bits per heavy atom. The van der Waals surface area contributed by atoms with E-state index in [1.54, 1.807) is 0 Å². The molecule has 1 nitrogen and oxygen atoms in total. The molecule has 0 unspecified atom stereocenters. The van der Waals surface area contributed by atoms with E-state index in [-0.39, 0.29) is 0 Å². The molecule has 0 atom stereocenters. The van der Waals surface area contributed by atoms with E-state index in [2.05, 4.69) is 37.4 Å². The van der Waals surface area contributed by atoms with Gasteiger partial charge in [-0.1, -0.05) is 6.07 Å². The van der Waals surface area contributed by atoms with Gasteiger partial charge in [-0.3, -0.25) is 0 Å². The number of benzene rings is 1. The Morgan fingerprint density at radius 3 is 2.46 bits per heavy atom. The summed E-state index contributed by atoms with van der Waals surface area (Å²) < 4.78 is 0. The summed E-state index contributed by atoms with van der Waals surface area (Å²) in [4.78, 5) is 0. The minimum Gasteiger partial charge on any atom is -0.382 e. The molecule has 0 radical (unpaired) electrons. The summed E-state index contributed by atoms with van der Waals surface area (Å²) in [6.07, 6.45) is 4.07. The summed E-state index contributed by atoms with van der Waals surface area (Å²) in [5, 5.41) is 3.55. The van der Waals surface area contributed by atoms with Gasteiger partial charge >= 0.3 is 0 Å². The normalized spacial score (nSPS) is 16.8. The Balaban J connectivity index is 2.07. The lowest BCUT2D eigenvalue weighted by Gasteiger charge is -2.27. The third-order valence-corrected chi connectivity index (χ3v) is 2.98. The Bertz CT molecular complexity index is 300. The Morgan fingerprint density at radius 1 is 1.15 bits per heavy atom. The van der Waals surface area contributed by atoms with Crippen LogP contribution in [0.2, 0.25) is 0 Å². The summed E-state index contributed by atoms with van der Waals surface area (Å²) in [6.45, 7) is 4.32. The van der Waals surface area contributed by atoms with E-state index in [9.17, 15) is 0 Å². The second-order valence-corrected chi connectivity index (χ2v) is 4.07. The van der Waals surface area contributed by atoms with Crippen LogP contribution >= 0.6 is 0 Å². The van der Waals surface area contributed by atoms with Crippen molar-refractivity contribution in [2.75, 3.05) is 5.32 Å². The summed E-state index contributed by atoms with van der Waals surface area (Å²) in [7, 11) is 0. The molecule has 1 fully saturated rings. The second-order valence-electron chi connectivity index (χ2n) is 4.07. The zero-order valence-corrected chi connectivity index (χ0v) is 8.43. The minimum atomic E-state index is 0.738. The Kier molecular flexibility index (Phi) is 2.26. The first-order valence-electron chi connectivity index (χ1n) is 5.09. The van der Waals surface area contributed by atoms with Gasteiger partial charge in [0, 0.05) is 11.7 Å². The van der Waals surface area contributed by atoms with Gasteiger partial charge in [-0.15, -0.1) is 0 Å². The van der Waals surface area contributed by atoms with Gasteiger partial charge in [0.15, 0.2) is 0 Å². The van der Waals surface area contributed by atoms with Crippen LogP contribution in [0.1, 0.15) is 30.4 Å². The van der Waals surface area contributed by atoms with Crippen molar-refractivity contribution in [2.24, 2.45) is 0 Å². The number of hydrogen-bond donors (Lipinski definition) is 1. The highest BCUT2D eigenvalue weighted by Crippen LogP contribution is 2.24. The van der Waals surface area contributed by atoms with E-state index in [1.807, 2.05) is 0 Å². The van der Waals surface area contributed by atoms with Crippen molar-refractivity contribution in [3.63, 3.8) is 0 Å². The molecule has 1 aliphatic rings. The highest BCUT2D eigenvalue weighted by atomic mass is 14.9. The maximum absolute atomic E-state index is 3.55. The monoisotopic (exact) mass is 175 g/mol. The van der Waals surface area contributed by atoms with Crippen LogP contribution in [0, 0.1) is 13.8 Å². The summed E-state index contributed by atoms with van der Waals surface area (Å²) >= 11 is 0. The van der Waals surface area contributed by atoms with Crippen LogP contribution in [0.3, 0.4) is 0 Å². The van der Waals surface area contributed by atoms with Crippen molar-refractivity contribution in [3.8, 4) is 0 Å². The average Bonchev–Trinajstić information content (AvgIpc) is 2.04. The van der Waals surface area contributed by atoms with E-state index < -0.39 is 0 Å². The molecule has 1 aromatic rings. The number of rotatable bonds is 2. The van der Waals surface area contributed by atoms with Crippen molar-refractivity contribution < 1.29 is 0 Å². The Hall–Kier alpha value is -0.980. The van der Waals surface area contributed by atoms with Crippen molar-refractivity contribution in [1.29, 1.82) is 0 Å². The molecule has 0 amide bonds. The van der Waals surface area contributed by atoms with E-state index in [0.29, 0.717) is 0 Å². The molecule has 70 valence electrons. The molecular weight excluding hydrogens is 158 g/mol. The molecule has 0 bridgehead atoms. The number of hydrogen-bond acceptors (Lipinski definition) is 1. The molecule has 0 aliphatic heterocycles. The first-order valence-corrected chi connectivity index (χ1v) is 5.09. The topological polar surface area (TPSA) is 12.0 Å². The van der Waals surface area contributed by atoms with Gasteiger partial charge in [-0.2, -0.15) is 0 Å². The van der Waals surface area contributed by atoms with Crippen LogP contribution < -0.4 is 5.32 Å². The van der Waals surface area contributed by atoms with E-state index in [4.69, 9.17) is 0 Å². The SMILES string of the molecule is Cc1ccc(NC2CCC2)cc1C. The summed E-state index contributed by atoms with van der Waals surface area (Å²) in [5.74, 6) is 0. The molecule has 13 heavy (non-hydrogen) atoms. The van der Waals surface area contributed by atoms with Crippen LogP contribution in [-0.2, 0) is 0 Å². The lowest BCUT2D eigenvalue weighted by molar-refractivity contribution is 0.445. The quantitative estimate of drug-likeness (QED) is 0.727. The fraction of sp³-hybridized carbons (Fsp3) is 0.500. The predicted molar refractivity (Wildman–Crippen MR) is 57.2 cm³/mol. The largest absolute Gasteiger partial charge is 0.382 e. The average molecular weight is 175 g/mol. The number of nitrogens with one attached hydrogen (secondary N) is 1. The van der Waals surface area contributed by atoms with Crippen LogP contribution in [-0.4, -0.2) is 6.04 Å². The van der Waals surface area contributed by atoms with Gasteiger partial charge < -0.3 is 5.32 Å². The molecule has 1 aliphatic carbocycles. The fourth-order valence-electron chi connectivity index (χ4n) is 1.62. The lowest BCUT2D eigenvalue weighted by atomic mass is 9.93. The molecule has 0 aromatic heterocycles. The lowest BCUT2D eigenvalue weighted by Crippen LogP contribution is -2.26. The maximum atomic E-state index is 3.55. The van der Waals surface area contributed by atoms with E-state index >= 15 is 0 Å². The van der Waals surface area contributed by atoms with Crippen molar-refractivity contribution in [3.05, 3.63) is 29.3 Å². The third-order valence-electron chi connectivity index (χ3n) is 2.98. The molecule has 0 heterocycles. The second kappa shape index (κ2) is 3.41. The summed E-state index contributed by atoms with van der Waals surface area (Å²) in [6, 6.07) is 7.35. The Labute approximate surface area is 80.2 Å². The third kappa shape index (κ3) is 1.85. The van der Waals surface area contributed by atoms with E-state index in [1.165, 1.54) is 36.1 Å². The maximum Gasteiger partial charge on any atom is 0.0345 e. The smallest absolute Gasteiger partial charge is 0.0345 e. The van der Waals surface area contributed by atoms with Gasteiger partial charge in [0.25, 0.3) is 0 Å². The highest BCUT2D eigenvalue weighted by molar-refractivity contribution is 5.49. The van der Waals surface area contributed by atoms with E-state index in [0.717, 1.165) is 6.04 Å². The molecule has 1 heteroatoms. The molecule has 2 rings (SSSR count). The zero-order valence-electron chi connectivity index (χ0n) is 8.43. The van der Waals surface area contributed by atoms with Crippen molar-refractivity contribution in [2.45, 2.75) is 39.2 Å². The molecular formula is C12H17N. The minimum absolute atomic E-state index is 0.738. The van der Waals surface area contributed by atoms with Crippen LogP contribution in [0.25, 0.3) is 0 Å².